The zero-order chi connectivity index (χ0) is 92.9. The molecule has 125 heavy (non-hydrogen) atoms. The summed E-state index contributed by atoms with van der Waals surface area (Å²) in [6.07, 6.45) is 0. The van der Waals surface area contributed by atoms with Crippen LogP contribution in [-0.2, 0) is 21.7 Å². The number of nitrogens with zero attached hydrogens (tertiary/aromatic N) is 6. The second-order valence-corrected chi connectivity index (χ2v) is 38.0. The van der Waals surface area contributed by atoms with Crippen LogP contribution in [0, 0.1) is 0 Å². The Balaban J connectivity index is 0.920. The molecule has 0 N–H and O–H groups in total. The second kappa shape index (κ2) is 29.1. The van der Waals surface area contributed by atoms with Crippen LogP contribution in [0.3, 0.4) is 0 Å². The van der Waals surface area contributed by atoms with Crippen molar-refractivity contribution in [3.8, 4) is 61.6 Å². The Kier molecular flexibility index (Phi) is 15.7. The highest BCUT2D eigenvalue weighted by Gasteiger charge is 2.45. The zero-order valence-electron chi connectivity index (χ0n) is 81.4. The third-order valence-electron chi connectivity index (χ3n) is 25.9. The van der Waals surface area contributed by atoms with Crippen LogP contribution in [0.25, 0.3) is 127 Å². The lowest BCUT2D eigenvalue weighted by atomic mass is 9.33. The van der Waals surface area contributed by atoms with Crippen LogP contribution in [0.1, 0.15) is 118 Å². The smallest absolute Gasteiger partial charge is 0.252 e. The summed E-state index contributed by atoms with van der Waals surface area (Å²) in [6.45, 7) is 26.9. The number of anilines is 9. The van der Waals surface area contributed by atoms with Crippen LogP contribution < -0.4 is 31.1 Å². The van der Waals surface area contributed by atoms with E-state index >= 15 is 0 Å². The maximum Gasteiger partial charge on any atom is 0.252 e. The van der Waals surface area contributed by atoms with Gasteiger partial charge in [0.2, 0.25) is 0 Å². The van der Waals surface area contributed by atoms with E-state index in [1.165, 1.54) is 22.3 Å². The van der Waals surface area contributed by atoms with Gasteiger partial charge in [0.15, 0.2) is 0 Å². The summed E-state index contributed by atoms with van der Waals surface area (Å²) >= 11 is 0. The summed E-state index contributed by atoms with van der Waals surface area (Å²) < 4.78 is 93.7. The van der Waals surface area contributed by atoms with Crippen molar-refractivity contribution in [2.45, 2.75) is 105 Å². The summed E-state index contributed by atoms with van der Waals surface area (Å²) in [6, 6.07) is 114. The SMILES string of the molecule is [2H]c1c([2H])c([2H])c(N(c2ccccc2)c2ccc3c(c2)c2c([2H])c([2H])c([2H])c([2H])c2n3-c2cc3c4c(c2)N(c2cc(-c5ccccc5)cc(-c5ccccc5)c2)c2cc(-n5c6ccc(C(C)(C)C)cc6c6cc(C(C)(C)C)ccc65)ccc2B4c2ccc(-n4c5ccc(C(C)(C)C)cc5c5cc(C(C)(C)C)ccc54)cc2N3c2cc(-c3ccccc3)cc(-c3ccccc3)c2)c([2H])c1[2H]. The molecule has 0 amide bonds. The van der Waals surface area contributed by atoms with Gasteiger partial charge in [-0.2, -0.15) is 0 Å². The van der Waals surface area contributed by atoms with Crippen molar-refractivity contribution >= 4 is 140 Å². The fourth-order valence-corrected chi connectivity index (χ4v) is 19.5. The molecule has 0 saturated carbocycles. The van der Waals surface area contributed by atoms with Gasteiger partial charge in [0.05, 0.1) is 51.1 Å². The molecular formula is C118H99BN6. The van der Waals surface area contributed by atoms with Gasteiger partial charge in [0.25, 0.3) is 6.71 Å². The second-order valence-electron chi connectivity index (χ2n) is 38.0. The van der Waals surface area contributed by atoms with Gasteiger partial charge in [-0.3, -0.25) is 0 Å². The molecule has 0 fully saturated rings. The number of benzene rings is 17. The van der Waals surface area contributed by atoms with E-state index in [1.54, 1.807) is 4.90 Å². The highest BCUT2D eigenvalue weighted by atomic mass is 15.2. The standard InChI is InChI=1S/C118H99BN6/c1-115(2,3)84-47-56-105-97(67-84)98-68-85(116(4,5)6)48-57-106(98)121(105)91-51-54-102-110(72-91)124(93-63-80(76-33-19-13-20-34-76)61-81(64-93)77-35-21-14-22-36-77)112-74-95(123-104-46-32-31-45-96(104)101-71-90(53-60-109(101)123)120(88-41-27-17-28-42-88)89-43-29-18-30-44-89)75-113-114(112)119(102)103-55-52-92(122-107-58-49-86(117(7,8)9)69-99(107)100-70-87(118(10,11)12)50-59-108(100)122)73-111(103)125(113)94-65-82(78-37-23-15-24-38-78)62-83(66-94)79-39-25-16-26-40-79/h13-75H,1-12H3/i17D,27D,28D,31D,32D,41D,42D,45D,46D. The van der Waals surface area contributed by atoms with Crippen LogP contribution in [0.15, 0.2) is 382 Å². The molecule has 0 saturated heterocycles. The number of hydrogen-bond donors (Lipinski definition) is 0. The van der Waals surface area contributed by atoms with Gasteiger partial charge >= 0.3 is 0 Å². The first kappa shape index (κ1) is 67.2. The van der Waals surface area contributed by atoms with Crippen LogP contribution in [0.4, 0.5) is 51.2 Å². The molecule has 3 aromatic heterocycles. The summed E-state index contributed by atoms with van der Waals surface area (Å²) in [5, 5.41) is 5.28. The number of rotatable bonds is 12. The maximum absolute atomic E-state index is 10.6. The molecule has 6 nitrogen and oxygen atoms in total. The lowest BCUT2D eigenvalue weighted by Crippen LogP contribution is -2.61. The molecule has 7 heteroatoms. The van der Waals surface area contributed by atoms with Crippen molar-refractivity contribution in [1.82, 2.24) is 13.7 Å². The molecule has 0 bridgehead atoms. The third-order valence-corrected chi connectivity index (χ3v) is 25.9. The monoisotopic (exact) mass is 1620 g/mol. The van der Waals surface area contributed by atoms with Gasteiger partial charge in [0.1, 0.15) is 0 Å². The number of para-hydroxylation sites is 3. The molecule has 0 atom stereocenters. The van der Waals surface area contributed by atoms with Crippen molar-refractivity contribution in [1.29, 1.82) is 0 Å². The average molecular weight is 1620 g/mol. The highest BCUT2D eigenvalue weighted by Crippen LogP contribution is 2.52. The van der Waals surface area contributed by atoms with E-state index in [9.17, 15) is 8.22 Å². The molecule has 0 aliphatic carbocycles. The molecule has 604 valence electrons. The van der Waals surface area contributed by atoms with Crippen LogP contribution in [0.2, 0.25) is 0 Å². The lowest BCUT2D eigenvalue weighted by Gasteiger charge is -2.45. The minimum absolute atomic E-state index is 0.0916. The van der Waals surface area contributed by atoms with Gasteiger partial charge in [-0.25, -0.2) is 0 Å². The highest BCUT2D eigenvalue weighted by molar-refractivity contribution is 7.00. The quantitative estimate of drug-likeness (QED) is 0.114. The fraction of sp³-hybridized carbons (Fsp3) is 0.136. The van der Waals surface area contributed by atoms with E-state index in [-0.39, 0.29) is 50.3 Å². The van der Waals surface area contributed by atoms with Crippen LogP contribution in [0.5, 0.6) is 0 Å². The Morgan fingerprint density at radius 3 is 0.936 bits per heavy atom. The van der Waals surface area contributed by atoms with Crippen LogP contribution >= 0.6 is 0 Å². The van der Waals surface area contributed by atoms with E-state index in [1.807, 2.05) is 53.1 Å². The third kappa shape index (κ3) is 13.1. The average Bonchev–Trinajstić information content (AvgIpc) is 0.819. The zero-order valence-corrected chi connectivity index (χ0v) is 72.4. The minimum Gasteiger partial charge on any atom is -0.311 e. The Hall–Kier alpha value is -14.4. The Bertz CT molecular complexity index is 7640. The number of hydrogen-bond acceptors (Lipinski definition) is 3. The Morgan fingerprint density at radius 2 is 0.560 bits per heavy atom. The first-order chi connectivity index (χ1) is 64.2. The summed E-state index contributed by atoms with van der Waals surface area (Å²) in [5.74, 6) is 0. The first-order valence-electron chi connectivity index (χ1n) is 48.0. The molecule has 0 spiro atoms. The van der Waals surface area contributed by atoms with E-state index in [0.717, 1.165) is 150 Å². The van der Waals surface area contributed by atoms with Crippen molar-refractivity contribution in [2.75, 3.05) is 14.7 Å². The summed E-state index contributed by atoms with van der Waals surface area (Å²) in [7, 11) is 0. The molecule has 20 aromatic rings. The fourth-order valence-electron chi connectivity index (χ4n) is 19.5. The molecule has 0 radical (unpaired) electrons. The van der Waals surface area contributed by atoms with Crippen molar-refractivity contribution < 1.29 is 12.3 Å². The molecule has 22 rings (SSSR count). The van der Waals surface area contributed by atoms with Gasteiger partial charge in [0, 0.05) is 94.9 Å². The van der Waals surface area contributed by atoms with Crippen molar-refractivity contribution in [3.05, 3.63) is 404 Å². The van der Waals surface area contributed by atoms with E-state index in [4.69, 9.17) is 4.11 Å². The maximum atomic E-state index is 10.6. The molecule has 2 aliphatic rings. The number of fused-ring (bicyclic) bond motifs is 13. The Morgan fingerprint density at radius 1 is 0.232 bits per heavy atom. The summed E-state index contributed by atoms with van der Waals surface area (Å²) in [5.41, 5.74) is 28.8. The minimum atomic E-state index is -0.534. The van der Waals surface area contributed by atoms with E-state index < -0.39 is 49.0 Å². The predicted molar refractivity (Wildman–Crippen MR) is 535 cm³/mol. The van der Waals surface area contributed by atoms with Crippen LogP contribution in [-0.4, -0.2) is 20.4 Å². The van der Waals surface area contributed by atoms with Crippen molar-refractivity contribution in [2.24, 2.45) is 0 Å². The molecular weight excluding hydrogens is 1510 g/mol. The topological polar surface area (TPSA) is 24.5 Å². The van der Waals surface area contributed by atoms with Crippen molar-refractivity contribution in [3.63, 3.8) is 0 Å². The van der Waals surface area contributed by atoms with E-state index in [0.29, 0.717) is 28.0 Å². The molecule has 2 aliphatic heterocycles. The largest absolute Gasteiger partial charge is 0.311 e. The van der Waals surface area contributed by atoms with Gasteiger partial charge in [-0.1, -0.05) is 295 Å². The molecule has 0 unspecified atom stereocenters. The number of aromatic nitrogens is 3. The van der Waals surface area contributed by atoms with E-state index in [2.05, 4.69) is 381 Å². The molecule has 17 aromatic carbocycles. The predicted octanol–water partition coefficient (Wildman–Crippen LogP) is 30.4. The molecule has 5 heterocycles. The van der Waals surface area contributed by atoms with Gasteiger partial charge in [-0.15, -0.1) is 0 Å². The first-order valence-corrected chi connectivity index (χ1v) is 43.5. The normalized spacial score (nSPS) is 13.9. The van der Waals surface area contributed by atoms with Gasteiger partial charge in [-0.05, 0) is 275 Å². The summed E-state index contributed by atoms with van der Waals surface area (Å²) in [4.78, 5) is 6.60. The Labute approximate surface area is 746 Å². The lowest BCUT2D eigenvalue weighted by molar-refractivity contribution is 0.590. The van der Waals surface area contributed by atoms with Gasteiger partial charge < -0.3 is 28.4 Å².